The average molecular weight is 373 g/mol. The number of nitrogens with one attached hydrogen (secondary N) is 1. The fourth-order valence-electron chi connectivity index (χ4n) is 3.40. The number of ether oxygens (including phenoxy) is 1. The van der Waals surface area contributed by atoms with Crippen molar-refractivity contribution >= 4 is 8.32 Å². The molecule has 1 fully saturated rings. The largest absolute Gasteiger partial charge is 0.413 e. The van der Waals surface area contributed by atoms with Gasteiger partial charge >= 0.3 is 0 Å². The van der Waals surface area contributed by atoms with Crippen molar-refractivity contribution in [2.75, 3.05) is 20.3 Å². The van der Waals surface area contributed by atoms with Crippen LogP contribution in [0.15, 0.2) is 0 Å². The maximum atomic E-state index is 6.84. The zero-order chi connectivity index (χ0) is 19.4. The Hall–Kier alpha value is 0.0569. The summed E-state index contributed by atoms with van der Waals surface area (Å²) in [5.41, 5.74) is 3.76. The van der Waals surface area contributed by atoms with Gasteiger partial charge in [-0.15, -0.1) is 0 Å². The first-order valence-electron chi connectivity index (χ1n) is 10.1. The van der Waals surface area contributed by atoms with Gasteiger partial charge in [-0.3, -0.25) is 5.43 Å². The summed E-state index contributed by atoms with van der Waals surface area (Å²) in [6.07, 6.45) is 2.75. The minimum atomic E-state index is -1.77. The monoisotopic (exact) mass is 372 g/mol. The number of hydrogen-bond acceptors (Lipinski definition) is 4. The molecule has 1 N–H and O–H groups in total. The summed E-state index contributed by atoms with van der Waals surface area (Å²) in [7, 11) is 0.0248. The molecule has 1 heterocycles. The molecule has 0 bridgehead atoms. The molecule has 0 spiro atoms. The predicted molar refractivity (Wildman–Crippen MR) is 110 cm³/mol. The van der Waals surface area contributed by atoms with Crippen LogP contribution in [-0.4, -0.2) is 51.8 Å². The van der Waals surface area contributed by atoms with E-state index in [1.54, 1.807) is 7.11 Å². The molecular formula is C20H44N2O2Si. The molecule has 25 heavy (non-hydrogen) atoms. The highest BCUT2D eigenvalue weighted by molar-refractivity contribution is 6.74. The first-order chi connectivity index (χ1) is 11.4. The van der Waals surface area contributed by atoms with E-state index in [0.717, 1.165) is 13.2 Å². The minimum Gasteiger partial charge on any atom is -0.413 e. The van der Waals surface area contributed by atoms with Crippen LogP contribution in [0.3, 0.4) is 0 Å². The van der Waals surface area contributed by atoms with Gasteiger partial charge in [-0.25, -0.2) is 5.01 Å². The molecule has 1 saturated heterocycles. The normalized spacial score (nSPS) is 23.9. The topological polar surface area (TPSA) is 33.7 Å². The van der Waals surface area contributed by atoms with Gasteiger partial charge in [-0.05, 0) is 49.7 Å². The van der Waals surface area contributed by atoms with E-state index in [1.165, 1.54) is 12.8 Å². The van der Waals surface area contributed by atoms with E-state index in [-0.39, 0.29) is 11.1 Å². The maximum Gasteiger partial charge on any atom is 0.192 e. The van der Waals surface area contributed by atoms with Gasteiger partial charge in [-0.1, -0.05) is 41.5 Å². The Bertz CT molecular complexity index is 396. The minimum absolute atomic E-state index is 0.245. The quantitative estimate of drug-likeness (QED) is 0.596. The van der Waals surface area contributed by atoms with Crippen molar-refractivity contribution in [1.29, 1.82) is 0 Å². The van der Waals surface area contributed by atoms with Crippen molar-refractivity contribution in [3.63, 3.8) is 0 Å². The second-order valence-electron chi connectivity index (χ2n) is 9.81. The van der Waals surface area contributed by atoms with Crippen molar-refractivity contribution in [2.24, 2.45) is 11.8 Å². The number of hydrazine groups is 1. The molecule has 0 aromatic carbocycles. The SMILES string of the molecule is COC[C@@H]1CCCN1N[C@H](C)[C@H](C)[C@@H](O[Si](C)(C)C(C)(C)C)C(C)C. The lowest BCUT2D eigenvalue weighted by atomic mass is 9.90. The van der Waals surface area contributed by atoms with E-state index in [0.29, 0.717) is 23.9 Å². The fraction of sp³-hybridized carbons (Fsp3) is 1.00. The standard InChI is InChI=1S/C20H44N2O2Si/c1-15(2)19(24-25(9,10)20(5,6)7)16(3)17(4)21-22-13-11-12-18(22)14-23-8/h15-19,21H,11-14H2,1-10H3/t16-,17+,18-,19-/m0/s1. The van der Waals surface area contributed by atoms with E-state index in [9.17, 15) is 0 Å². The molecule has 1 rings (SSSR count). The summed E-state index contributed by atoms with van der Waals surface area (Å²) in [6.45, 7) is 22.9. The molecule has 150 valence electrons. The van der Waals surface area contributed by atoms with Gasteiger partial charge in [-0.2, -0.15) is 0 Å². The molecule has 0 aliphatic carbocycles. The number of rotatable bonds is 9. The van der Waals surface area contributed by atoms with Crippen LogP contribution in [0, 0.1) is 11.8 Å². The molecule has 0 saturated carbocycles. The van der Waals surface area contributed by atoms with Crippen molar-refractivity contribution < 1.29 is 9.16 Å². The first-order valence-corrected chi connectivity index (χ1v) is 13.0. The summed E-state index contributed by atoms with van der Waals surface area (Å²) < 4.78 is 12.2. The van der Waals surface area contributed by atoms with Crippen LogP contribution in [-0.2, 0) is 9.16 Å². The molecule has 1 aliphatic heterocycles. The lowest BCUT2D eigenvalue weighted by molar-refractivity contribution is 0.0257. The van der Waals surface area contributed by atoms with Gasteiger partial charge in [0, 0.05) is 25.7 Å². The zero-order valence-corrected chi connectivity index (χ0v) is 19.5. The molecular weight excluding hydrogens is 328 g/mol. The smallest absolute Gasteiger partial charge is 0.192 e. The third-order valence-electron chi connectivity index (χ3n) is 6.31. The summed E-state index contributed by atoms with van der Waals surface area (Å²) in [5.74, 6) is 0.972. The Morgan fingerprint density at radius 2 is 1.76 bits per heavy atom. The van der Waals surface area contributed by atoms with Gasteiger partial charge in [0.2, 0.25) is 0 Å². The summed E-state index contributed by atoms with van der Waals surface area (Å²) in [6, 6.07) is 0.882. The predicted octanol–water partition coefficient (Wildman–Crippen LogP) is 4.67. The molecule has 0 aromatic heterocycles. The van der Waals surface area contributed by atoms with Gasteiger partial charge in [0.15, 0.2) is 8.32 Å². The lowest BCUT2D eigenvalue weighted by Gasteiger charge is -2.44. The van der Waals surface area contributed by atoms with Crippen LogP contribution < -0.4 is 5.43 Å². The summed E-state index contributed by atoms with van der Waals surface area (Å²) in [5, 5.41) is 2.64. The van der Waals surface area contributed by atoms with Crippen LogP contribution in [0.4, 0.5) is 0 Å². The molecule has 1 aliphatic rings. The Morgan fingerprint density at radius 3 is 2.24 bits per heavy atom. The van der Waals surface area contributed by atoms with Gasteiger partial charge in [0.05, 0.1) is 12.7 Å². The van der Waals surface area contributed by atoms with Crippen LogP contribution in [0.2, 0.25) is 18.1 Å². The van der Waals surface area contributed by atoms with Crippen LogP contribution in [0.5, 0.6) is 0 Å². The average Bonchev–Trinajstić information content (AvgIpc) is 2.90. The van der Waals surface area contributed by atoms with Crippen molar-refractivity contribution in [3.8, 4) is 0 Å². The van der Waals surface area contributed by atoms with Crippen LogP contribution in [0.25, 0.3) is 0 Å². The van der Waals surface area contributed by atoms with Crippen molar-refractivity contribution in [1.82, 2.24) is 10.4 Å². The Labute approximate surface area is 158 Å². The Morgan fingerprint density at radius 1 is 1.16 bits per heavy atom. The second kappa shape index (κ2) is 9.31. The summed E-state index contributed by atoms with van der Waals surface area (Å²) >= 11 is 0. The van der Waals surface area contributed by atoms with Crippen LogP contribution >= 0.6 is 0 Å². The highest BCUT2D eigenvalue weighted by Crippen LogP contribution is 2.39. The third kappa shape index (κ3) is 6.31. The Balaban J connectivity index is 2.76. The zero-order valence-electron chi connectivity index (χ0n) is 18.5. The molecule has 0 radical (unpaired) electrons. The molecule has 0 aromatic rings. The van der Waals surface area contributed by atoms with E-state index >= 15 is 0 Å². The highest BCUT2D eigenvalue weighted by atomic mass is 28.4. The number of nitrogens with zero attached hydrogens (tertiary/aromatic N) is 1. The number of hydrogen-bond donors (Lipinski definition) is 1. The van der Waals surface area contributed by atoms with Crippen molar-refractivity contribution in [3.05, 3.63) is 0 Å². The van der Waals surface area contributed by atoms with E-state index in [4.69, 9.17) is 9.16 Å². The van der Waals surface area contributed by atoms with E-state index in [1.807, 2.05) is 0 Å². The fourth-order valence-corrected chi connectivity index (χ4v) is 4.92. The second-order valence-corrected chi connectivity index (χ2v) is 14.6. The molecule has 4 nitrogen and oxygen atoms in total. The van der Waals surface area contributed by atoms with Crippen molar-refractivity contribution in [2.45, 2.75) is 97.6 Å². The van der Waals surface area contributed by atoms with Gasteiger partial charge in [0.1, 0.15) is 0 Å². The Kier molecular flexibility index (Phi) is 8.60. The van der Waals surface area contributed by atoms with E-state index < -0.39 is 8.32 Å². The summed E-state index contributed by atoms with van der Waals surface area (Å²) in [4.78, 5) is 0. The molecule has 0 unspecified atom stereocenters. The number of methoxy groups -OCH3 is 1. The molecule has 5 heteroatoms. The van der Waals surface area contributed by atoms with Gasteiger partial charge < -0.3 is 9.16 Å². The van der Waals surface area contributed by atoms with E-state index in [2.05, 4.69) is 72.0 Å². The highest BCUT2D eigenvalue weighted by Gasteiger charge is 2.41. The molecule has 0 amide bonds. The van der Waals surface area contributed by atoms with Gasteiger partial charge in [0.25, 0.3) is 0 Å². The first kappa shape index (κ1) is 23.1. The van der Waals surface area contributed by atoms with Crippen LogP contribution in [0.1, 0.15) is 61.3 Å². The molecule has 4 atom stereocenters. The third-order valence-corrected chi connectivity index (χ3v) is 10.8. The maximum absolute atomic E-state index is 6.84. The lowest BCUT2D eigenvalue weighted by Crippen LogP contribution is -2.54.